The Hall–Kier alpha value is -2.02. The topological polar surface area (TPSA) is 73.8 Å². The summed E-state index contributed by atoms with van der Waals surface area (Å²) in [7, 11) is 0. The number of benzene rings is 1. The number of anilines is 1. The molecule has 6 nitrogen and oxygen atoms in total. The van der Waals surface area contributed by atoms with Crippen LogP contribution in [0.4, 0.5) is 15.3 Å². The van der Waals surface area contributed by atoms with Crippen molar-refractivity contribution in [1.29, 1.82) is 0 Å². The lowest BCUT2D eigenvalue weighted by molar-refractivity contribution is 0.246. The van der Waals surface area contributed by atoms with Gasteiger partial charge in [-0.1, -0.05) is 24.8 Å². The van der Waals surface area contributed by atoms with Crippen LogP contribution >= 0.6 is 11.8 Å². The summed E-state index contributed by atoms with van der Waals surface area (Å²) in [5.41, 5.74) is 6.53. The van der Waals surface area contributed by atoms with Gasteiger partial charge >= 0.3 is 6.03 Å². The van der Waals surface area contributed by atoms with Crippen molar-refractivity contribution in [3.8, 4) is 0 Å². The lowest BCUT2D eigenvalue weighted by Gasteiger charge is -2.30. The Kier molecular flexibility index (Phi) is 5.08. The lowest BCUT2D eigenvalue weighted by Crippen LogP contribution is -2.43. The third kappa shape index (κ3) is 3.40. The van der Waals surface area contributed by atoms with Crippen LogP contribution in [-0.4, -0.2) is 35.3 Å². The number of amides is 3. The summed E-state index contributed by atoms with van der Waals surface area (Å²) in [6.45, 7) is 5.45. The molecule has 0 aromatic heterocycles. The zero-order chi connectivity index (χ0) is 17.1. The molecule has 0 saturated heterocycles. The molecule has 2 heterocycles. The second-order valence-corrected chi connectivity index (χ2v) is 7.30. The Balaban J connectivity index is 1.86. The molecule has 2 aliphatic rings. The van der Waals surface area contributed by atoms with Crippen LogP contribution in [0.2, 0.25) is 0 Å². The van der Waals surface area contributed by atoms with Crippen LogP contribution in [-0.2, 0) is 6.42 Å². The number of thioether (sulfide) groups is 1. The summed E-state index contributed by atoms with van der Waals surface area (Å²) in [5, 5.41) is 7.05. The van der Waals surface area contributed by atoms with E-state index in [9.17, 15) is 9.59 Å². The number of aryl methyl sites for hydroxylation is 1. The average molecular weight is 346 g/mol. The fourth-order valence-electron chi connectivity index (χ4n) is 3.03. The number of carbonyl (C=O) groups excluding carboxylic acids is 2. The summed E-state index contributed by atoms with van der Waals surface area (Å²) in [6, 6.07) is 6.04. The van der Waals surface area contributed by atoms with Crippen molar-refractivity contribution >= 4 is 34.4 Å². The van der Waals surface area contributed by atoms with E-state index in [2.05, 4.69) is 21.9 Å². The van der Waals surface area contributed by atoms with Crippen molar-refractivity contribution in [3.05, 3.63) is 29.3 Å². The first-order valence-electron chi connectivity index (χ1n) is 8.33. The van der Waals surface area contributed by atoms with E-state index < -0.39 is 0 Å². The highest BCUT2D eigenvalue weighted by Gasteiger charge is 2.26. The number of nitrogens with zero attached hydrogens (tertiary/aromatic N) is 2. The van der Waals surface area contributed by atoms with Gasteiger partial charge < -0.3 is 5.32 Å². The molecule has 24 heavy (non-hydrogen) atoms. The van der Waals surface area contributed by atoms with Crippen LogP contribution in [0.1, 0.15) is 37.8 Å². The smallest absolute Gasteiger partial charge is 0.321 e. The first kappa shape index (κ1) is 16.8. The molecule has 128 valence electrons. The molecule has 0 bridgehead atoms. The lowest BCUT2D eigenvalue weighted by atomic mass is 9.97. The summed E-state index contributed by atoms with van der Waals surface area (Å²) < 4.78 is 0. The van der Waals surface area contributed by atoms with Gasteiger partial charge in [0.2, 0.25) is 0 Å². The number of nitrogens with one attached hydrogen (secondary N) is 2. The molecular formula is C17H22N4O2S. The molecule has 0 fully saturated rings. The van der Waals surface area contributed by atoms with Crippen molar-refractivity contribution < 1.29 is 9.59 Å². The number of rotatable bonds is 3. The van der Waals surface area contributed by atoms with Gasteiger partial charge in [-0.15, -0.1) is 0 Å². The third-order valence-electron chi connectivity index (χ3n) is 4.20. The molecule has 2 N–H and O–H groups in total. The molecule has 0 saturated carbocycles. The number of urea groups is 1. The first-order valence-corrected chi connectivity index (χ1v) is 9.21. The Labute approximate surface area is 146 Å². The van der Waals surface area contributed by atoms with E-state index in [1.54, 1.807) is 0 Å². The number of hydrogen-bond acceptors (Lipinski definition) is 4. The van der Waals surface area contributed by atoms with Crippen LogP contribution in [0.5, 0.6) is 0 Å². The van der Waals surface area contributed by atoms with E-state index in [0.717, 1.165) is 48.3 Å². The summed E-state index contributed by atoms with van der Waals surface area (Å²) in [6.07, 6.45) is 2.82. The second-order valence-electron chi connectivity index (χ2n) is 5.99. The predicted octanol–water partition coefficient (Wildman–Crippen LogP) is 3.11. The zero-order valence-electron chi connectivity index (χ0n) is 14.0. The van der Waals surface area contributed by atoms with Gasteiger partial charge in [0.25, 0.3) is 5.24 Å². The van der Waals surface area contributed by atoms with E-state index in [-0.39, 0.29) is 16.5 Å². The highest BCUT2D eigenvalue weighted by atomic mass is 32.2. The van der Waals surface area contributed by atoms with Crippen molar-refractivity contribution in [2.75, 3.05) is 18.0 Å². The molecule has 2 aliphatic heterocycles. The van der Waals surface area contributed by atoms with E-state index >= 15 is 0 Å². The first-order chi connectivity index (χ1) is 11.6. The SMILES string of the molecule is CCCNC(=O)N1CCCc2cc(C3=NNC(=O)SC3C)ccc21. The number of hydrogen-bond donors (Lipinski definition) is 2. The summed E-state index contributed by atoms with van der Waals surface area (Å²) >= 11 is 1.24. The molecule has 1 unspecified atom stereocenters. The highest BCUT2D eigenvalue weighted by Crippen LogP contribution is 2.30. The highest BCUT2D eigenvalue weighted by molar-refractivity contribution is 8.14. The van der Waals surface area contributed by atoms with Gasteiger partial charge in [-0.2, -0.15) is 5.10 Å². The van der Waals surface area contributed by atoms with Gasteiger partial charge in [-0.05, 0) is 49.4 Å². The van der Waals surface area contributed by atoms with E-state index in [1.807, 2.05) is 30.9 Å². The molecule has 0 spiro atoms. The molecule has 1 atom stereocenters. The minimum atomic E-state index is -0.122. The third-order valence-corrected chi connectivity index (χ3v) is 5.08. The standard InChI is InChI=1S/C17H22N4O2S/c1-3-8-18-16(22)21-9-4-5-12-10-13(6-7-14(12)21)15-11(2)24-17(23)20-19-15/h6-7,10-11H,3-5,8-9H2,1-2H3,(H,18,22)(H,20,23). The van der Waals surface area contributed by atoms with E-state index in [4.69, 9.17) is 0 Å². The molecule has 3 rings (SSSR count). The van der Waals surface area contributed by atoms with Gasteiger partial charge in [-0.25, -0.2) is 10.2 Å². The largest absolute Gasteiger partial charge is 0.338 e. The Bertz CT molecular complexity index is 689. The van der Waals surface area contributed by atoms with Crippen molar-refractivity contribution in [1.82, 2.24) is 10.7 Å². The molecule has 0 aliphatic carbocycles. The van der Waals surface area contributed by atoms with Crippen LogP contribution in [0.25, 0.3) is 0 Å². The molecular weight excluding hydrogens is 324 g/mol. The molecule has 3 amide bonds. The molecule has 1 aromatic carbocycles. The van der Waals surface area contributed by atoms with Crippen molar-refractivity contribution in [2.45, 2.75) is 38.4 Å². The quantitative estimate of drug-likeness (QED) is 0.883. The van der Waals surface area contributed by atoms with Gasteiger partial charge in [0.1, 0.15) is 0 Å². The molecule has 1 aromatic rings. The average Bonchev–Trinajstić information content (AvgIpc) is 2.58. The van der Waals surface area contributed by atoms with Gasteiger partial charge in [0.15, 0.2) is 0 Å². The zero-order valence-corrected chi connectivity index (χ0v) is 14.8. The number of hydrazone groups is 1. The van der Waals surface area contributed by atoms with Crippen molar-refractivity contribution in [3.63, 3.8) is 0 Å². The molecule has 0 radical (unpaired) electrons. The van der Waals surface area contributed by atoms with Gasteiger partial charge in [-0.3, -0.25) is 9.69 Å². The van der Waals surface area contributed by atoms with Gasteiger partial charge in [0.05, 0.1) is 11.0 Å². The fourth-order valence-corrected chi connectivity index (χ4v) is 3.75. The van der Waals surface area contributed by atoms with Crippen molar-refractivity contribution in [2.24, 2.45) is 5.10 Å². The summed E-state index contributed by atoms with van der Waals surface area (Å²) in [5.74, 6) is 0. The van der Waals surface area contributed by atoms with Crippen LogP contribution < -0.4 is 15.6 Å². The minimum absolute atomic E-state index is 0.0179. The Morgan fingerprint density at radius 3 is 3.08 bits per heavy atom. The number of carbonyl (C=O) groups is 2. The van der Waals surface area contributed by atoms with Crippen LogP contribution in [0, 0.1) is 0 Å². The van der Waals surface area contributed by atoms with E-state index in [0.29, 0.717) is 6.54 Å². The molecule has 7 heteroatoms. The Morgan fingerprint density at radius 2 is 2.33 bits per heavy atom. The Morgan fingerprint density at radius 1 is 1.50 bits per heavy atom. The van der Waals surface area contributed by atoms with E-state index in [1.165, 1.54) is 11.8 Å². The monoisotopic (exact) mass is 346 g/mol. The van der Waals surface area contributed by atoms with Gasteiger partial charge in [0, 0.05) is 18.8 Å². The minimum Gasteiger partial charge on any atom is -0.338 e. The maximum Gasteiger partial charge on any atom is 0.321 e. The second kappa shape index (κ2) is 7.25. The fraction of sp³-hybridized carbons (Fsp3) is 0.471. The normalized spacial score (nSPS) is 20.1. The maximum atomic E-state index is 12.3. The predicted molar refractivity (Wildman–Crippen MR) is 97.9 cm³/mol. The van der Waals surface area contributed by atoms with Crippen LogP contribution in [0.15, 0.2) is 23.3 Å². The maximum absolute atomic E-state index is 12.3. The summed E-state index contributed by atoms with van der Waals surface area (Å²) in [4.78, 5) is 25.5. The number of fused-ring (bicyclic) bond motifs is 1. The van der Waals surface area contributed by atoms with Crippen LogP contribution in [0.3, 0.4) is 0 Å².